The van der Waals surface area contributed by atoms with Crippen molar-refractivity contribution in [2.75, 3.05) is 0 Å². The van der Waals surface area contributed by atoms with Gasteiger partial charge in [0.1, 0.15) is 11.0 Å². The Kier molecular flexibility index (Phi) is 4.13. The molecule has 0 atom stereocenters. The molecule has 0 spiro atoms. The summed E-state index contributed by atoms with van der Waals surface area (Å²) >= 11 is 0. The van der Waals surface area contributed by atoms with Gasteiger partial charge in [0.2, 0.25) is 0 Å². The van der Waals surface area contributed by atoms with E-state index >= 15 is 0 Å². The van der Waals surface area contributed by atoms with Crippen molar-refractivity contribution in [3.63, 3.8) is 0 Å². The predicted molar refractivity (Wildman–Crippen MR) is 103 cm³/mol. The number of aromatic nitrogens is 3. The molecule has 122 valence electrons. The number of aromatic amines is 1. The summed E-state index contributed by atoms with van der Waals surface area (Å²) in [7, 11) is 0. The summed E-state index contributed by atoms with van der Waals surface area (Å²) in [4.78, 5) is 0. The Bertz CT molecular complexity index is 1010. The number of H-pyrrole nitrogens is 1. The largest absolute Gasteiger partial charge is 0.197 e. The molecule has 25 heavy (non-hydrogen) atoms. The normalized spacial score (nSPS) is 12.2. The van der Waals surface area contributed by atoms with Crippen LogP contribution in [0.2, 0.25) is 0 Å². The first kappa shape index (κ1) is 15.3. The summed E-state index contributed by atoms with van der Waals surface area (Å²) in [5, 5.41) is 11.1. The summed E-state index contributed by atoms with van der Waals surface area (Å²) in [6.45, 7) is 2.21. The molecule has 1 aromatic heterocycles. The summed E-state index contributed by atoms with van der Waals surface area (Å²) in [6, 6.07) is 27.4. The summed E-state index contributed by atoms with van der Waals surface area (Å²) in [5.41, 5.74) is 7.97. The van der Waals surface area contributed by atoms with Gasteiger partial charge < -0.3 is 0 Å². The van der Waals surface area contributed by atoms with Gasteiger partial charge in [-0.25, -0.2) is 0 Å². The third-order valence-corrected chi connectivity index (χ3v) is 4.45. The first-order chi connectivity index (χ1) is 12.4. The van der Waals surface area contributed by atoms with Crippen LogP contribution in [0.4, 0.5) is 0 Å². The number of allylic oxidation sites excluding steroid dienone is 1. The van der Waals surface area contributed by atoms with Gasteiger partial charge in [-0.15, -0.1) is 0 Å². The lowest BCUT2D eigenvalue weighted by Gasteiger charge is -2.16. The zero-order valence-corrected chi connectivity index (χ0v) is 14.1. The summed E-state index contributed by atoms with van der Waals surface area (Å²) in [6.07, 6.45) is 0.949. The van der Waals surface area contributed by atoms with Crippen LogP contribution in [0.3, 0.4) is 0 Å². The molecule has 0 fully saturated rings. The van der Waals surface area contributed by atoms with Gasteiger partial charge in [-0.3, -0.25) is 0 Å². The van der Waals surface area contributed by atoms with Crippen LogP contribution in [0.25, 0.3) is 22.2 Å². The number of fused-ring (bicyclic) bond motifs is 1. The molecular weight excluding hydrogens is 306 g/mol. The average molecular weight is 325 g/mol. The second kappa shape index (κ2) is 6.73. The minimum atomic E-state index is 0.883. The van der Waals surface area contributed by atoms with E-state index in [9.17, 15) is 0 Å². The van der Waals surface area contributed by atoms with Gasteiger partial charge in [0.05, 0.1) is 0 Å². The SMILES string of the molecule is CC/C(=C(\c1ccccc1)c1ccc2n[nH]nc2c1)c1ccccc1. The molecule has 0 aliphatic heterocycles. The highest BCUT2D eigenvalue weighted by Crippen LogP contribution is 2.34. The van der Waals surface area contributed by atoms with Crippen LogP contribution in [0, 0.1) is 0 Å². The molecule has 0 radical (unpaired) electrons. The smallest absolute Gasteiger partial charge is 0.113 e. The van der Waals surface area contributed by atoms with E-state index < -0.39 is 0 Å². The molecule has 0 saturated carbocycles. The molecule has 0 saturated heterocycles. The first-order valence-electron chi connectivity index (χ1n) is 8.51. The fraction of sp³-hybridized carbons (Fsp3) is 0.0909. The van der Waals surface area contributed by atoms with Crippen LogP contribution in [0.1, 0.15) is 30.0 Å². The fourth-order valence-electron chi connectivity index (χ4n) is 3.28. The van der Waals surface area contributed by atoms with Crippen molar-refractivity contribution in [1.82, 2.24) is 15.4 Å². The molecule has 1 N–H and O–H groups in total. The van der Waals surface area contributed by atoms with Crippen molar-refractivity contribution in [1.29, 1.82) is 0 Å². The van der Waals surface area contributed by atoms with Crippen LogP contribution in [-0.2, 0) is 0 Å². The lowest BCUT2D eigenvalue weighted by Crippen LogP contribution is -1.95. The minimum Gasteiger partial charge on any atom is -0.197 e. The highest BCUT2D eigenvalue weighted by atomic mass is 15.3. The molecular formula is C22H19N3. The highest BCUT2D eigenvalue weighted by Gasteiger charge is 2.13. The summed E-state index contributed by atoms with van der Waals surface area (Å²) < 4.78 is 0. The van der Waals surface area contributed by atoms with Crippen molar-refractivity contribution in [2.24, 2.45) is 0 Å². The number of hydrogen-bond donors (Lipinski definition) is 1. The summed E-state index contributed by atoms with van der Waals surface area (Å²) in [5.74, 6) is 0. The van der Waals surface area contributed by atoms with E-state index in [1.165, 1.54) is 22.3 Å². The Morgan fingerprint density at radius 1 is 0.720 bits per heavy atom. The molecule has 4 aromatic rings. The van der Waals surface area contributed by atoms with Crippen LogP contribution >= 0.6 is 0 Å². The number of rotatable bonds is 4. The monoisotopic (exact) mass is 325 g/mol. The fourth-order valence-corrected chi connectivity index (χ4v) is 3.28. The van der Waals surface area contributed by atoms with Crippen molar-refractivity contribution < 1.29 is 0 Å². The van der Waals surface area contributed by atoms with Gasteiger partial charge in [0.15, 0.2) is 0 Å². The molecule has 0 aliphatic carbocycles. The van der Waals surface area contributed by atoms with E-state index in [4.69, 9.17) is 0 Å². The Morgan fingerprint density at radius 2 is 1.36 bits per heavy atom. The zero-order valence-electron chi connectivity index (χ0n) is 14.1. The Hall–Kier alpha value is -3.20. The lowest BCUT2D eigenvalue weighted by molar-refractivity contribution is 0.959. The average Bonchev–Trinajstić information content (AvgIpc) is 3.15. The lowest BCUT2D eigenvalue weighted by atomic mass is 9.88. The molecule has 3 aromatic carbocycles. The van der Waals surface area contributed by atoms with Crippen molar-refractivity contribution in [3.8, 4) is 0 Å². The zero-order chi connectivity index (χ0) is 17.1. The molecule has 3 heteroatoms. The molecule has 0 aliphatic rings. The number of nitrogens with one attached hydrogen (secondary N) is 1. The van der Waals surface area contributed by atoms with Gasteiger partial charge in [0.25, 0.3) is 0 Å². The van der Waals surface area contributed by atoms with Crippen molar-refractivity contribution in [2.45, 2.75) is 13.3 Å². The maximum Gasteiger partial charge on any atom is 0.113 e. The van der Waals surface area contributed by atoms with E-state index in [0.29, 0.717) is 0 Å². The maximum absolute atomic E-state index is 4.25. The van der Waals surface area contributed by atoms with Gasteiger partial charge in [-0.1, -0.05) is 73.7 Å². The predicted octanol–water partition coefficient (Wildman–Crippen LogP) is 5.33. The highest BCUT2D eigenvalue weighted by molar-refractivity contribution is 5.99. The molecule has 4 rings (SSSR count). The second-order valence-electron chi connectivity index (χ2n) is 5.97. The Labute approximate surface area is 147 Å². The van der Waals surface area contributed by atoms with Crippen LogP contribution in [0.5, 0.6) is 0 Å². The third kappa shape index (κ3) is 2.96. The molecule has 0 amide bonds. The third-order valence-electron chi connectivity index (χ3n) is 4.45. The van der Waals surface area contributed by atoms with Crippen LogP contribution in [-0.4, -0.2) is 15.4 Å². The first-order valence-corrected chi connectivity index (χ1v) is 8.51. The Morgan fingerprint density at radius 3 is 2.04 bits per heavy atom. The quantitative estimate of drug-likeness (QED) is 0.515. The van der Waals surface area contributed by atoms with Crippen molar-refractivity contribution in [3.05, 3.63) is 95.6 Å². The van der Waals surface area contributed by atoms with E-state index in [1.807, 2.05) is 6.07 Å². The van der Waals surface area contributed by atoms with Gasteiger partial charge >= 0.3 is 0 Å². The number of benzene rings is 3. The van der Waals surface area contributed by atoms with Gasteiger partial charge in [-0.05, 0) is 46.4 Å². The number of nitrogens with zero attached hydrogens (tertiary/aromatic N) is 2. The van der Waals surface area contributed by atoms with E-state index in [0.717, 1.165) is 23.0 Å². The van der Waals surface area contributed by atoms with Crippen LogP contribution in [0.15, 0.2) is 78.9 Å². The molecule has 3 nitrogen and oxygen atoms in total. The maximum atomic E-state index is 4.25. The van der Waals surface area contributed by atoms with E-state index in [-0.39, 0.29) is 0 Å². The standard InChI is InChI=1S/C22H19N3/c1-2-19(16-9-5-3-6-10-16)22(17-11-7-4-8-12-17)18-13-14-20-21(15-18)24-25-23-20/h3-15H,2H2,1H3,(H,23,24,25)/b22-19-. The van der Waals surface area contributed by atoms with Gasteiger partial charge in [0, 0.05) is 0 Å². The minimum absolute atomic E-state index is 0.883. The van der Waals surface area contributed by atoms with E-state index in [2.05, 4.69) is 95.1 Å². The second-order valence-corrected chi connectivity index (χ2v) is 5.97. The number of hydrogen-bond acceptors (Lipinski definition) is 2. The Balaban J connectivity index is 2.00. The van der Waals surface area contributed by atoms with Crippen LogP contribution < -0.4 is 0 Å². The molecule has 0 unspecified atom stereocenters. The molecule has 0 bridgehead atoms. The van der Waals surface area contributed by atoms with E-state index in [1.54, 1.807) is 0 Å². The topological polar surface area (TPSA) is 41.6 Å². The molecule has 1 heterocycles. The van der Waals surface area contributed by atoms with Gasteiger partial charge in [-0.2, -0.15) is 15.4 Å². The van der Waals surface area contributed by atoms with Crippen molar-refractivity contribution >= 4 is 22.2 Å².